The summed E-state index contributed by atoms with van der Waals surface area (Å²) in [5, 5.41) is 0. The number of pyridine rings is 1. The highest BCUT2D eigenvalue weighted by atomic mass is 79.9. The number of nitrogens with zero attached hydrogens (tertiary/aromatic N) is 3. The van der Waals surface area contributed by atoms with Crippen LogP contribution in [-0.4, -0.2) is 15.0 Å². The number of rotatable bonds is 4. The smallest absolute Gasteiger partial charge is 0.125 e. The second-order valence-electron chi connectivity index (χ2n) is 3.96. The summed E-state index contributed by atoms with van der Waals surface area (Å²) >= 11 is 3.40. The predicted octanol–water partition coefficient (Wildman–Crippen LogP) is 1.69. The lowest BCUT2D eigenvalue weighted by molar-refractivity contribution is 0.535. The Morgan fingerprint density at radius 3 is 2.94 bits per heavy atom. The van der Waals surface area contributed by atoms with Crippen molar-refractivity contribution in [1.29, 1.82) is 0 Å². The average Bonchev–Trinajstić information content (AvgIpc) is 2.36. The van der Waals surface area contributed by atoms with Crippen LogP contribution in [0.5, 0.6) is 0 Å². The van der Waals surface area contributed by atoms with E-state index in [9.17, 15) is 0 Å². The van der Waals surface area contributed by atoms with Crippen molar-refractivity contribution in [1.82, 2.24) is 20.4 Å². The molecule has 3 N–H and O–H groups in total. The normalized spacial score (nSPS) is 12.4. The van der Waals surface area contributed by atoms with Gasteiger partial charge in [-0.1, -0.05) is 0 Å². The molecule has 0 radical (unpaired) electrons. The first-order valence-corrected chi connectivity index (χ1v) is 6.33. The highest BCUT2D eigenvalue weighted by Gasteiger charge is 2.12. The van der Waals surface area contributed by atoms with Crippen LogP contribution in [0.3, 0.4) is 0 Å². The van der Waals surface area contributed by atoms with Crippen LogP contribution in [0.25, 0.3) is 0 Å². The third-order valence-electron chi connectivity index (χ3n) is 2.56. The largest absolute Gasteiger partial charge is 0.271 e. The van der Waals surface area contributed by atoms with Gasteiger partial charge in [-0.05, 0) is 47.0 Å². The van der Waals surface area contributed by atoms with Crippen LogP contribution in [-0.2, 0) is 6.42 Å². The first-order valence-electron chi connectivity index (χ1n) is 5.54. The summed E-state index contributed by atoms with van der Waals surface area (Å²) in [6.45, 7) is 1.86. The SMILES string of the molecule is Cc1nccc(C(Cc2cncc(Br)c2)NN)n1. The van der Waals surface area contributed by atoms with Gasteiger partial charge in [-0.3, -0.25) is 16.3 Å². The fourth-order valence-electron chi connectivity index (χ4n) is 1.72. The minimum atomic E-state index is -0.0530. The maximum atomic E-state index is 5.60. The zero-order valence-corrected chi connectivity index (χ0v) is 11.6. The summed E-state index contributed by atoms with van der Waals surface area (Å²) in [5.74, 6) is 6.33. The molecule has 0 aromatic carbocycles. The van der Waals surface area contributed by atoms with Gasteiger partial charge in [-0.2, -0.15) is 0 Å². The summed E-state index contributed by atoms with van der Waals surface area (Å²) in [4.78, 5) is 12.6. The van der Waals surface area contributed by atoms with E-state index in [0.29, 0.717) is 0 Å². The summed E-state index contributed by atoms with van der Waals surface area (Å²) < 4.78 is 0.953. The molecule has 6 heteroatoms. The van der Waals surface area contributed by atoms with E-state index in [1.165, 1.54) is 0 Å². The lowest BCUT2D eigenvalue weighted by atomic mass is 10.1. The molecule has 5 nitrogen and oxygen atoms in total. The summed E-state index contributed by atoms with van der Waals surface area (Å²) in [6, 6.07) is 3.83. The van der Waals surface area contributed by atoms with Gasteiger partial charge in [-0.25, -0.2) is 9.97 Å². The topological polar surface area (TPSA) is 76.7 Å². The average molecular weight is 308 g/mol. The second-order valence-corrected chi connectivity index (χ2v) is 4.88. The first-order chi connectivity index (χ1) is 8.69. The molecule has 0 aliphatic carbocycles. The van der Waals surface area contributed by atoms with Crippen molar-refractivity contribution in [3.05, 3.63) is 52.3 Å². The maximum Gasteiger partial charge on any atom is 0.125 e. The lowest BCUT2D eigenvalue weighted by Gasteiger charge is -2.15. The quantitative estimate of drug-likeness (QED) is 0.664. The van der Waals surface area contributed by atoms with Crippen LogP contribution in [0.4, 0.5) is 0 Å². The molecule has 0 bridgehead atoms. The Morgan fingerprint density at radius 2 is 2.28 bits per heavy atom. The van der Waals surface area contributed by atoms with Crippen molar-refractivity contribution < 1.29 is 0 Å². The Bertz CT molecular complexity index is 531. The molecule has 94 valence electrons. The van der Waals surface area contributed by atoms with E-state index in [0.717, 1.165) is 28.0 Å². The van der Waals surface area contributed by atoms with Gasteiger partial charge >= 0.3 is 0 Å². The van der Waals surface area contributed by atoms with Gasteiger partial charge in [0.15, 0.2) is 0 Å². The van der Waals surface area contributed by atoms with E-state index in [1.807, 2.05) is 25.3 Å². The van der Waals surface area contributed by atoms with E-state index < -0.39 is 0 Å². The van der Waals surface area contributed by atoms with Crippen molar-refractivity contribution in [3.8, 4) is 0 Å². The van der Waals surface area contributed by atoms with Crippen LogP contribution in [0, 0.1) is 6.92 Å². The van der Waals surface area contributed by atoms with Crippen molar-refractivity contribution in [2.45, 2.75) is 19.4 Å². The van der Waals surface area contributed by atoms with Gasteiger partial charge in [0.25, 0.3) is 0 Å². The van der Waals surface area contributed by atoms with Crippen LogP contribution in [0.1, 0.15) is 23.1 Å². The third-order valence-corrected chi connectivity index (χ3v) is 2.99. The molecule has 18 heavy (non-hydrogen) atoms. The lowest BCUT2D eigenvalue weighted by Crippen LogP contribution is -2.30. The number of hydrogen-bond donors (Lipinski definition) is 2. The molecule has 0 spiro atoms. The Kier molecular flexibility index (Phi) is 4.35. The molecule has 0 amide bonds. The molecular weight excluding hydrogens is 294 g/mol. The number of nitrogens with two attached hydrogens (primary N) is 1. The van der Waals surface area contributed by atoms with E-state index in [4.69, 9.17) is 5.84 Å². The zero-order chi connectivity index (χ0) is 13.0. The van der Waals surface area contributed by atoms with Crippen molar-refractivity contribution in [2.24, 2.45) is 5.84 Å². The number of aryl methyl sites for hydroxylation is 1. The van der Waals surface area contributed by atoms with Crippen molar-refractivity contribution in [2.75, 3.05) is 0 Å². The predicted molar refractivity (Wildman–Crippen MR) is 72.5 cm³/mol. The minimum Gasteiger partial charge on any atom is -0.271 e. The van der Waals surface area contributed by atoms with Crippen LogP contribution in [0.2, 0.25) is 0 Å². The molecule has 2 aromatic heterocycles. The number of nitrogens with one attached hydrogen (secondary N) is 1. The molecule has 0 saturated carbocycles. The Labute approximate surface area is 114 Å². The van der Waals surface area contributed by atoms with Gasteiger partial charge in [0.05, 0.1) is 11.7 Å². The molecule has 0 aliphatic rings. The molecule has 1 unspecified atom stereocenters. The summed E-state index contributed by atoms with van der Waals surface area (Å²) in [6.07, 6.45) is 6.03. The molecular formula is C12H14BrN5. The number of hydrogen-bond acceptors (Lipinski definition) is 5. The highest BCUT2D eigenvalue weighted by Crippen LogP contribution is 2.17. The number of hydrazine groups is 1. The molecule has 2 aromatic rings. The molecule has 0 saturated heterocycles. The van der Waals surface area contributed by atoms with Gasteiger partial charge in [0.1, 0.15) is 5.82 Å². The fourth-order valence-corrected chi connectivity index (χ4v) is 2.13. The van der Waals surface area contributed by atoms with Gasteiger partial charge in [0.2, 0.25) is 0 Å². The Hall–Kier alpha value is -1.37. The minimum absolute atomic E-state index is 0.0530. The van der Waals surface area contributed by atoms with Gasteiger partial charge < -0.3 is 0 Å². The van der Waals surface area contributed by atoms with E-state index >= 15 is 0 Å². The number of halogens is 1. The highest BCUT2D eigenvalue weighted by molar-refractivity contribution is 9.10. The molecule has 0 fully saturated rings. The van der Waals surface area contributed by atoms with Crippen molar-refractivity contribution >= 4 is 15.9 Å². The van der Waals surface area contributed by atoms with E-state index in [1.54, 1.807) is 12.4 Å². The zero-order valence-electron chi connectivity index (χ0n) is 9.97. The van der Waals surface area contributed by atoms with Crippen molar-refractivity contribution in [3.63, 3.8) is 0 Å². The van der Waals surface area contributed by atoms with Gasteiger partial charge in [0, 0.05) is 23.1 Å². The monoisotopic (exact) mass is 307 g/mol. The molecule has 0 aliphatic heterocycles. The maximum absolute atomic E-state index is 5.60. The van der Waals surface area contributed by atoms with Crippen LogP contribution >= 0.6 is 15.9 Å². The second kappa shape index (κ2) is 5.99. The van der Waals surface area contributed by atoms with Crippen LogP contribution < -0.4 is 11.3 Å². The summed E-state index contributed by atoms with van der Waals surface area (Å²) in [7, 11) is 0. The molecule has 2 heterocycles. The standard InChI is InChI=1S/C12H14BrN5/c1-8-16-3-2-11(17-8)12(18-14)5-9-4-10(13)7-15-6-9/h2-4,6-7,12,18H,5,14H2,1H3. The molecule has 1 atom stereocenters. The fraction of sp³-hybridized carbons (Fsp3) is 0.250. The van der Waals surface area contributed by atoms with E-state index in [2.05, 4.69) is 36.3 Å². The van der Waals surface area contributed by atoms with E-state index in [-0.39, 0.29) is 6.04 Å². The van der Waals surface area contributed by atoms with Gasteiger partial charge in [-0.15, -0.1) is 0 Å². The first kappa shape index (κ1) is 13.1. The van der Waals surface area contributed by atoms with Crippen LogP contribution in [0.15, 0.2) is 35.2 Å². The molecule has 2 rings (SSSR count). The Balaban J connectivity index is 2.19. The number of aromatic nitrogens is 3. The third kappa shape index (κ3) is 3.32. The summed E-state index contributed by atoms with van der Waals surface area (Å²) in [5.41, 5.74) is 4.75. The Morgan fingerprint density at radius 1 is 1.44 bits per heavy atom.